The highest BCUT2D eigenvalue weighted by Gasteiger charge is 2.13. The number of hydrazone groups is 1. The van der Waals surface area contributed by atoms with Crippen LogP contribution in [0.15, 0.2) is 59.7 Å². The summed E-state index contributed by atoms with van der Waals surface area (Å²) < 4.78 is 18.0. The standard InChI is InChI=1S/C25H23Cl2IN2O4/c1-3-32-20-9-6-17(7-10-20)25(31)30-29-14-16-11-22(28)24(23(12-16)33-4-2)34-15-18-5-8-19(26)13-21(18)27/h5-14H,3-4,15H2,1-2H3,(H,30,31)/b29-14+. The van der Waals surface area contributed by atoms with Gasteiger partial charge >= 0.3 is 0 Å². The van der Waals surface area contributed by atoms with E-state index in [1.807, 2.05) is 26.0 Å². The van der Waals surface area contributed by atoms with E-state index in [-0.39, 0.29) is 12.5 Å². The van der Waals surface area contributed by atoms with Gasteiger partial charge in [-0.05, 0) is 90.5 Å². The van der Waals surface area contributed by atoms with E-state index in [0.29, 0.717) is 46.1 Å². The summed E-state index contributed by atoms with van der Waals surface area (Å²) in [5.74, 6) is 1.56. The second-order valence-corrected chi connectivity index (χ2v) is 8.95. The number of amides is 1. The van der Waals surface area contributed by atoms with Gasteiger partial charge in [0.25, 0.3) is 5.91 Å². The number of rotatable bonds is 10. The topological polar surface area (TPSA) is 69.2 Å². The summed E-state index contributed by atoms with van der Waals surface area (Å²) in [6, 6.07) is 15.8. The SMILES string of the molecule is CCOc1ccc(C(=O)N/N=C/c2cc(I)c(OCc3ccc(Cl)cc3Cl)c(OCC)c2)cc1. The molecule has 1 amide bonds. The van der Waals surface area contributed by atoms with E-state index in [9.17, 15) is 4.79 Å². The Hall–Kier alpha value is -2.49. The zero-order valence-corrected chi connectivity index (χ0v) is 22.3. The molecular weight excluding hydrogens is 590 g/mol. The molecule has 0 spiro atoms. The van der Waals surface area contributed by atoms with Crippen molar-refractivity contribution in [2.75, 3.05) is 13.2 Å². The predicted octanol–water partition coefficient (Wildman–Crippen LogP) is 6.74. The number of carbonyl (C=O) groups excluding carboxylic acids is 1. The van der Waals surface area contributed by atoms with E-state index in [1.165, 1.54) is 0 Å². The van der Waals surface area contributed by atoms with Crippen molar-refractivity contribution in [1.82, 2.24) is 5.43 Å². The van der Waals surface area contributed by atoms with Gasteiger partial charge in [-0.1, -0.05) is 29.3 Å². The van der Waals surface area contributed by atoms with Gasteiger partial charge in [0, 0.05) is 21.2 Å². The molecule has 1 N–H and O–H groups in total. The maximum atomic E-state index is 12.3. The van der Waals surface area contributed by atoms with Crippen molar-refractivity contribution in [2.24, 2.45) is 5.10 Å². The van der Waals surface area contributed by atoms with E-state index in [1.54, 1.807) is 48.7 Å². The van der Waals surface area contributed by atoms with Gasteiger partial charge < -0.3 is 14.2 Å². The van der Waals surface area contributed by atoms with Crippen molar-refractivity contribution in [3.63, 3.8) is 0 Å². The van der Waals surface area contributed by atoms with Crippen LogP contribution in [0.5, 0.6) is 17.2 Å². The molecule has 3 rings (SSSR count). The Morgan fingerprint density at radius 2 is 1.74 bits per heavy atom. The summed E-state index contributed by atoms with van der Waals surface area (Å²) >= 11 is 14.4. The summed E-state index contributed by atoms with van der Waals surface area (Å²) in [4.78, 5) is 12.3. The fourth-order valence-corrected chi connectivity index (χ4v) is 4.20. The van der Waals surface area contributed by atoms with Crippen LogP contribution in [0.3, 0.4) is 0 Å². The molecule has 6 nitrogen and oxygen atoms in total. The smallest absolute Gasteiger partial charge is 0.271 e. The Labute approximate surface area is 222 Å². The minimum atomic E-state index is -0.321. The van der Waals surface area contributed by atoms with Crippen LogP contribution in [-0.4, -0.2) is 25.3 Å². The van der Waals surface area contributed by atoms with Gasteiger partial charge in [-0.15, -0.1) is 0 Å². The van der Waals surface area contributed by atoms with Gasteiger partial charge in [0.05, 0.1) is 23.0 Å². The maximum Gasteiger partial charge on any atom is 0.271 e. The Kier molecular flexibility index (Phi) is 9.86. The van der Waals surface area contributed by atoms with Crippen molar-refractivity contribution < 1.29 is 19.0 Å². The lowest BCUT2D eigenvalue weighted by Gasteiger charge is -2.15. The molecule has 0 saturated heterocycles. The summed E-state index contributed by atoms with van der Waals surface area (Å²) in [6.45, 7) is 5.09. The molecule has 9 heteroatoms. The molecule has 0 fully saturated rings. The molecule has 0 aliphatic carbocycles. The van der Waals surface area contributed by atoms with Crippen molar-refractivity contribution in [3.05, 3.63) is 84.9 Å². The summed E-state index contributed by atoms with van der Waals surface area (Å²) in [7, 11) is 0. The molecular formula is C25H23Cl2IN2O4. The third-order valence-electron chi connectivity index (χ3n) is 4.53. The van der Waals surface area contributed by atoms with Crippen molar-refractivity contribution in [3.8, 4) is 17.2 Å². The molecule has 3 aromatic rings. The van der Waals surface area contributed by atoms with Gasteiger partial charge in [-0.25, -0.2) is 5.43 Å². The molecule has 0 radical (unpaired) electrons. The zero-order valence-electron chi connectivity index (χ0n) is 18.6. The molecule has 0 atom stereocenters. The highest BCUT2D eigenvalue weighted by Crippen LogP contribution is 2.35. The van der Waals surface area contributed by atoms with Crippen LogP contribution in [0.25, 0.3) is 0 Å². The third-order valence-corrected chi connectivity index (χ3v) is 5.91. The summed E-state index contributed by atoms with van der Waals surface area (Å²) in [6.07, 6.45) is 1.55. The number of ether oxygens (including phenoxy) is 3. The lowest BCUT2D eigenvalue weighted by Crippen LogP contribution is -2.17. The first-order valence-corrected chi connectivity index (χ1v) is 12.3. The molecule has 0 aliphatic rings. The van der Waals surface area contributed by atoms with Crippen molar-refractivity contribution in [1.29, 1.82) is 0 Å². The van der Waals surface area contributed by atoms with Crippen LogP contribution in [0.4, 0.5) is 0 Å². The number of nitrogens with one attached hydrogen (secondary N) is 1. The molecule has 178 valence electrons. The van der Waals surface area contributed by atoms with Crippen molar-refractivity contribution in [2.45, 2.75) is 20.5 Å². The van der Waals surface area contributed by atoms with Crippen LogP contribution in [0, 0.1) is 3.57 Å². The normalized spacial score (nSPS) is 10.9. The number of nitrogens with zero attached hydrogens (tertiary/aromatic N) is 1. The Bertz CT molecular complexity index is 1170. The number of benzene rings is 3. The Balaban J connectivity index is 1.69. The van der Waals surface area contributed by atoms with Gasteiger partial charge in [-0.3, -0.25) is 4.79 Å². The summed E-state index contributed by atoms with van der Waals surface area (Å²) in [5.41, 5.74) is 4.57. The van der Waals surface area contributed by atoms with Crippen molar-refractivity contribution >= 4 is 57.9 Å². The molecule has 0 unspecified atom stereocenters. The van der Waals surface area contributed by atoms with E-state index >= 15 is 0 Å². The van der Waals surface area contributed by atoms with E-state index in [2.05, 4.69) is 33.1 Å². The second kappa shape index (κ2) is 12.8. The first-order chi connectivity index (χ1) is 16.4. The largest absolute Gasteiger partial charge is 0.494 e. The van der Waals surface area contributed by atoms with Gasteiger partial charge in [0.15, 0.2) is 11.5 Å². The Morgan fingerprint density at radius 1 is 1.00 bits per heavy atom. The van der Waals surface area contributed by atoms with Crippen LogP contribution >= 0.6 is 45.8 Å². The van der Waals surface area contributed by atoms with E-state index in [0.717, 1.165) is 14.7 Å². The molecule has 0 bridgehead atoms. The van der Waals surface area contributed by atoms with E-state index in [4.69, 9.17) is 37.4 Å². The first-order valence-electron chi connectivity index (χ1n) is 10.5. The molecule has 34 heavy (non-hydrogen) atoms. The third kappa shape index (κ3) is 7.25. The quantitative estimate of drug-likeness (QED) is 0.156. The highest BCUT2D eigenvalue weighted by molar-refractivity contribution is 14.1. The summed E-state index contributed by atoms with van der Waals surface area (Å²) in [5, 5.41) is 5.18. The molecule has 0 aromatic heterocycles. The van der Waals surface area contributed by atoms with Crippen LogP contribution in [0.1, 0.15) is 35.3 Å². The number of halogens is 3. The lowest BCUT2D eigenvalue weighted by molar-refractivity contribution is 0.0955. The number of hydrogen-bond donors (Lipinski definition) is 1. The number of carbonyl (C=O) groups is 1. The highest BCUT2D eigenvalue weighted by atomic mass is 127. The lowest BCUT2D eigenvalue weighted by atomic mass is 10.2. The monoisotopic (exact) mass is 612 g/mol. The predicted molar refractivity (Wildman–Crippen MR) is 144 cm³/mol. The van der Waals surface area contributed by atoms with Crippen LogP contribution in [0.2, 0.25) is 10.0 Å². The van der Waals surface area contributed by atoms with Gasteiger partial charge in [-0.2, -0.15) is 5.10 Å². The zero-order chi connectivity index (χ0) is 24.5. The minimum Gasteiger partial charge on any atom is -0.494 e. The second-order valence-electron chi connectivity index (χ2n) is 6.94. The maximum absolute atomic E-state index is 12.3. The first kappa shape index (κ1) is 26.1. The Morgan fingerprint density at radius 3 is 2.41 bits per heavy atom. The average Bonchev–Trinajstić information content (AvgIpc) is 2.80. The van der Waals surface area contributed by atoms with Crippen LogP contribution < -0.4 is 19.6 Å². The number of hydrogen-bond acceptors (Lipinski definition) is 5. The fraction of sp³-hybridized carbons (Fsp3) is 0.200. The van der Waals surface area contributed by atoms with E-state index < -0.39 is 0 Å². The van der Waals surface area contributed by atoms with Gasteiger partial charge in [0.1, 0.15) is 12.4 Å². The fourth-order valence-electron chi connectivity index (χ4n) is 2.95. The minimum absolute atomic E-state index is 0.262. The van der Waals surface area contributed by atoms with Crippen LogP contribution in [-0.2, 0) is 6.61 Å². The molecule has 0 saturated carbocycles. The molecule has 3 aromatic carbocycles. The van der Waals surface area contributed by atoms with Gasteiger partial charge in [0.2, 0.25) is 0 Å². The molecule has 0 heterocycles. The molecule has 0 aliphatic heterocycles. The average molecular weight is 613 g/mol.